The van der Waals surface area contributed by atoms with Gasteiger partial charge in [-0.25, -0.2) is 0 Å². The van der Waals surface area contributed by atoms with Crippen LogP contribution in [-0.2, 0) is 6.54 Å². The predicted octanol–water partition coefficient (Wildman–Crippen LogP) is 3.31. The van der Waals surface area contributed by atoms with Gasteiger partial charge in [-0.1, -0.05) is 31.5 Å². The molecule has 0 saturated heterocycles. The van der Waals surface area contributed by atoms with Gasteiger partial charge >= 0.3 is 0 Å². The summed E-state index contributed by atoms with van der Waals surface area (Å²) >= 11 is 7.95. The van der Waals surface area contributed by atoms with Gasteiger partial charge in [0.1, 0.15) is 0 Å². The number of rotatable bonds is 7. The summed E-state index contributed by atoms with van der Waals surface area (Å²) in [5, 5.41) is 12.9. The van der Waals surface area contributed by atoms with Gasteiger partial charge in [0.25, 0.3) is 0 Å². The van der Waals surface area contributed by atoms with Gasteiger partial charge in [0.15, 0.2) is 0 Å². The molecule has 0 radical (unpaired) electrons. The molecule has 0 heterocycles. The van der Waals surface area contributed by atoms with Crippen molar-refractivity contribution in [1.82, 2.24) is 5.32 Å². The van der Waals surface area contributed by atoms with Crippen LogP contribution < -0.4 is 5.32 Å². The number of hydrogen-bond donors (Lipinski definition) is 2. The Bertz CT molecular complexity index is 344. The van der Waals surface area contributed by atoms with Crippen molar-refractivity contribution in [2.45, 2.75) is 37.8 Å². The normalized spacial score (nSPS) is 11.1. The molecule has 0 aromatic heterocycles. The van der Waals surface area contributed by atoms with Gasteiger partial charge < -0.3 is 10.4 Å². The van der Waals surface area contributed by atoms with E-state index in [1.54, 1.807) is 11.8 Å². The Labute approximate surface area is 113 Å². The summed E-state index contributed by atoms with van der Waals surface area (Å²) in [5.74, 6) is 0.927. The topological polar surface area (TPSA) is 32.3 Å². The Morgan fingerprint density at radius 1 is 1.41 bits per heavy atom. The molecule has 4 heteroatoms. The molecule has 0 amide bonds. The summed E-state index contributed by atoms with van der Waals surface area (Å²) in [7, 11) is 0. The second-order valence-electron chi connectivity index (χ2n) is 4.21. The highest BCUT2D eigenvalue weighted by molar-refractivity contribution is 7.99. The number of nitrogens with one attached hydrogen (secondary N) is 1. The van der Waals surface area contributed by atoms with Crippen molar-refractivity contribution >= 4 is 23.4 Å². The quantitative estimate of drug-likeness (QED) is 0.591. The van der Waals surface area contributed by atoms with E-state index in [0.29, 0.717) is 6.04 Å². The summed E-state index contributed by atoms with van der Waals surface area (Å²) in [6.07, 6.45) is 0.818. The zero-order valence-electron chi connectivity index (χ0n) is 10.4. The number of aliphatic hydroxyl groups is 1. The van der Waals surface area contributed by atoms with Crippen LogP contribution in [0.1, 0.15) is 25.8 Å². The van der Waals surface area contributed by atoms with Crippen LogP contribution in [-0.4, -0.2) is 23.5 Å². The van der Waals surface area contributed by atoms with E-state index in [4.69, 9.17) is 16.7 Å². The van der Waals surface area contributed by atoms with E-state index in [2.05, 4.69) is 31.3 Å². The minimum absolute atomic E-state index is 0.247. The second kappa shape index (κ2) is 7.98. The summed E-state index contributed by atoms with van der Waals surface area (Å²) in [5.41, 5.74) is 1.13. The fourth-order valence-corrected chi connectivity index (χ4v) is 2.52. The third-order valence-electron chi connectivity index (χ3n) is 2.30. The van der Waals surface area contributed by atoms with Crippen molar-refractivity contribution in [2.75, 3.05) is 12.4 Å². The number of aliphatic hydroxyl groups excluding tert-OH is 1. The molecule has 0 atom stereocenters. The minimum atomic E-state index is 0.247. The summed E-state index contributed by atoms with van der Waals surface area (Å²) in [4.78, 5) is 1.16. The van der Waals surface area contributed by atoms with Crippen LogP contribution >= 0.6 is 23.4 Å². The molecular formula is C13H20ClNOS. The maximum atomic E-state index is 8.72. The maximum Gasteiger partial charge on any atom is 0.0462 e. The molecule has 0 saturated carbocycles. The third-order valence-corrected chi connectivity index (χ3v) is 3.73. The van der Waals surface area contributed by atoms with E-state index >= 15 is 0 Å². The van der Waals surface area contributed by atoms with Gasteiger partial charge in [-0.15, -0.1) is 11.8 Å². The molecule has 2 nitrogen and oxygen atoms in total. The fourth-order valence-electron chi connectivity index (χ4n) is 1.33. The molecule has 0 bridgehead atoms. The van der Waals surface area contributed by atoms with Crippen LogP contribution in [0.2, 0.25) is 5.02 Å². The van der Waals surface area contributed by atoms with Gasteiger partial charge in [-0.3, -0.25) is 0 Å². The van der Waals surface area contributed by atoms with Gasteiger partial charge in [0.2, 0.25) is 0 Å². The Morgan fingerprint density at radius 2 is 2.18 bits per heavy atom. The Kier molecular flexibility index (Phi) is 6.97. The van der Waals surface area contributed by atoms with Crippen molar-refractivity contribution in [3.05, 3.63) is 28.8 Å². The lowest BCUT2D eigenvalue weighted by molar-refractivity contribution is 0.296. The highest BCUT2D eigenvalue weighted by Crippen LogP contribution is 2.25. The van der Waals surface area contributed by atoms with E-state index in [0.717, 1.165) is 34.2 Å². The first-order valence-electron chi connectivity index (χ1n) is 5.89. The zero-order chi connectivity index (χ0) is 12.7. The lowest BCUT2D eigenvalue weighted by atomic mass is 10.2. The van der Waals surface area contributed by atoms with Crippen molar-refractivity contribution in [1.29, 1.82) is 0 Å². The molecule has 0 aliphatic carbocycles. The SMILES string of the molecule is CC(C)NCc1ccc(SCCCO)cc1Cl. The lowest BCUT2D eigenvalue weighted by Gasteiger charge is -2.10. The highest BCUT2D eigenvalue weighted by atomic mass is 35.5. The standard InChI is InChI=1S/C13H20ClNOS/c1-10(2)15-9-11-4-5-12(8-13(11)14)17-7-3-6-16/h4-5,8,10,15-16H,3,6-7,9H2,1-2H3. The average molecular weight is 274 g/mol. The molecule has 0 spiro atoms. The molecule has 0 aliphatic rings. The second-order valence-corrected chi connectivity index (χ2v) is 5.79. The highest BCUT2D eigenvalue weighted by Gasteiger charge is 2.03. The molecule has 2 N–H and O–H groups in total. The average Bonchev–Trinajstić information content (AvgIpc) is 2.28. The first-order valence-corrected chi connectivity index (χ1v) is 7.25. The molecule has 0 unspecified atom stereocenters. The Hall–Kier alpha value is -0.220. The van der Waals surface area contributed by atoms with Crippen LogP contribution in [0.5, 0.6) is 0 Å². The minimum Gasteiger partial charge on any atom is -0.396 e. The van der Waals surface area contributed by atoms with E-state index in [1.165, 1.54) is 0 Å². The van der Waals surface area contributed by atoms with Gasteiger partial charge in [-0.05, 0) is 24.1 Å². The number of benzene rings is 1. The van der Waals surface area contributed by atoms with Crippen LogP contribution in [0.25, 0.3) is 0 Å². The fraction of sp³-hybridized carbons (Fsp3) is 0.538. The zero-order valence-corrected chi connectivity index (χ0v) is 11.9. The van der Waals surface area contributed by atoms with Crippen LogP contribution in [0.15, 0.2) is 23.1 Å². The van der Waals surface area contributed by atoms with E-state index in [-0.39, 0.29) is 6.61 Å². The van der Waals surface area contributed by atoms with Crippen molar-refractivity contribution in [3.63, 3.8) is 0 Å². The Balaban J connectivity index is 2.53. The number of hydrogen-bond acceptors (Lipinski definition) is 3. The predicted molar refractivity (Wildman–Crippen MR) is 75.9 cm³/mol. The van der Waals surface area contributed by atoms with Gasteiger partial charge in [0, 0.05) is 34.9 Å². The summed E-state index contributed by atoms with van der Waals surface area (Å²) in [6.45, 7) is 5.29. The Morgan fingerprint density at radius 3 is 2.76 bits per heavy atom. The van der Waals surface area contributed by atoms with Crippen molar-refractivity contribution in [3.8, 4) is 0 Å². The number of halogens is 1. The number of thioether (sulfide) groups is 1. The molecule has 96 valence electrons. The summed E-state index contributed by atoms with van der Waals surface area (Å²) in [6, 6.07) is 6.62. The molecule has 1 aromatic carbocycles. The molecule has 17 heavy (non-hydrogen) atoms. The van der Waals surface area contributed by atoms with Crippen molar-refractivity contribution in [2.24, 2.45) is 0 Å². The van der Waals surface area contributed by atoms with E-state index < -0.39 is 0 Å². The van der Waals surface area contributed by atoms with Crippen LogP contribution in [0.3, 0.4) is 0 Å². The third kappa shape index (κ3) is 5.77. The van der Waals surface area contributed by atoms with Crippen molar-refractivity contribution < 1.29 is 5.11 Å². The maximum absolute atomic E-state index is 8.72. The smallest absolute Gasteiger partial charge is 0.0462 e. The molecular weight excluding hydrogens is 254 g/mol. The molecule has 0 aliphatic heterocycles. The monoisotopic (exact) mass is 273 g/mol. The molecule has 1 rings (SSSR count). The largest absolute Gasteiger partial charge is 0.396 e. The van der Waals surface area contributed by atoms with Crippen LogP contribution in [0.4, 0.5) is 0 Å². The van der Waals surface area contributed by atoms with E-state index in [9.17, 15) is 0 Å². The van der Waals surface area contributed by atoms with Gasteiger partial charge in [-0.2, -0.15) is 0 Å². The lowest BCUT2D eigenvalue weighted by Crippen LogP contribution is -2.21. The summed E-state index contributed by atoms with van der Waals surface area (Å²) < 4.78 is 0. The molecule has 0 fully saturated rings. The first-order chi connectivity index (χ1) is 8.13. The van der Waals surface area contributed by atoms with Crippen LogP contribution in [0, 0.1) is 0 Å². The first kappa shape index (κ1) is 14.8. The molecule has 1 aromatic rings. The van der Waals surface area contributed by atoms with Gasteiger partial charge in [0.05, 0.1) is 0 Å². The van der Waals surface area contributed by atoms with E-state index in [1.807, 2.05) is 6.07 Å².